The molecule has 1 aliphatic rings. The van der Waals surface area contributed by atoms with Crippen molar-refractivity contribution in [2.24, 2.45) is 0 Å². The Morgan fingerprint density at radius 1 is 1.41 bits per heavy atom. The average molecular weight is 358 g/mol. The number of sulfone groups is 1. The first-order chi connectivity index (χ1) is 9.89. The van der Waals surface area contributed by atoms with Crippen molar-refractivity contribution >= 4 is 25.9 Å². The minimum Gasteiger partial charge on any atom is -0.395 e. The standard InChI is InChI=1S/C11H22N2O7S2/c1-11(12-10(15)3-4-13(2)5-6-14)8-21(16,17)7-9(11)22(18,19)20/h9,14H,3-8H2,1-2H3,(H,12,15)(H,18,19,20)/t9-,11+/m0/s1. The lowest BCUT2D eigenvalue weighted by Crippen LogP contribution is -2.56. The summed E-state index contributed by atoms with van der Waals surface area (Å²) >= 11 is 0. The molecular weight excluding hydrogens is 336 g/mol. The molecule has 0 saturated carbocycles. The Bertz CT molecular complexity index is 616. The van der Waals surface area contributed by atoms with E-state index in [4.69, 9.17) is 5.11 Å². The highest BCUT2D eigenvalue weighted by Gasteiger charge is 2.53. The number of hydrogen-bond acceptors (Lipinski definition) is 7. The Morgan fingerprint density at radius 2 is 2.00 bits per heavy atom. The Labute approximate surface area is 130 Å². The van der Waals surface area contributed by atoms with Gasteiger partial charge in [0.1, 0.15) is 5.25 Å². The summed E-state index contributed by atoms with van der Waals surface area (Å²) in [5, 5.41) is 9.59. The van der Waals surface area contributed by atoms with Crippen molar-refractivity contribution in [2.45, 2.75) is 24.1 Å². The smallest absolute Gasteiger partial charge is 0.271 e. The van der Waals surface area contributed by atoms with Crippen LogP contribution in [0.3, 0.4) is 0 Å². The monoisotopic (exact) mass is 358 g/mol. The van der Waals surface area contributed by atoms with Crippen LogP contribution in [0.2, 0.25) is 0 Å². The fourth-order valence-corrected chi connectivity index (χ4v) is 6.86. The molecule has 0 aliphatic carbocycles. The second-order valence-corrected chi connectivity index (χ2v) is 9.51. The molecule has 11 heteroatoms. The van der Waals surface area contributed by atoms with Crippen molar-refractivity contribution in [1.29, 1.82) is 0 Å². The quantitative estimate of drug-likeness (QED) is 0.438. The van der Waals surface area contributed by atoms with Crippen molar-refractivity contribution < 1.29 is 31.3 Å². The van der Waals surface area contributed by atoms with Gasteiger partial charge in [-0.05, 0) is 14.0 Å². The molecule has 1 rings (SSSR count). The van der Waals surface area contributed by atoms with Gasteiger partial charge in [0, 0.05) is 19.5 Å². The second kappa shape index (κ2) is 6.79. The molecule has 0 radical (unpaired) electrons. The molecule has 0 unspecified atom stereocenters. The lowest BCUT2D eigenvalue weighted by molar-refractivity contribution is -0.122. The SMILES string of the molecule is CN(CCO)CCC(=O)N[C@]1(C)CS(=O)(=O)C[C@@H]1S(=O)(=O)O. The van der Waals surface area contributed by atoms with Crippen molar-refractivity contribution in [3.05, 3.63) is 0 Å². The predicted octanol–water partition coefficient (Wildman–Crippen LogP) is -2.14. The third kappa shape index (κ3) is 5.16. The van der Waals surface area contributed by atoms with Crippen molar-refractivity contribution in [3.63, 3.8) is 0 Å². The Balaban J connectivity index is 2.78. The zero-order valence-corrected chi connectivity index (χ0v) is 14.2. The van der Waals surface area contributed by atoms with Gasteiger partial charge in [-0.3, -0.25) is 9.35 Å². The molecule has 0 bridgehead atoms. The highest BCUT2D eigenvalue weighted by Crippen LogP contribution is 2.28. The van der Waals surface area contributed by atoms with Crippen molar-refractivity contribution in [2.75, 3.05) is 38.2 Å². The molecule has 1 heterocycles. The number of carbonyl (C=O) groups is 1. The molecule has 22 heavy (non-hydrogen) atoms. The molecule has 1 fully saturated rings. The van der Waals surface area contributed by atoms with E-state index in [1.807, 2.05) is 0 Å². The number of aliphatic hydroxyl groups excluding tert-OH is 1. The minimum atomic E-state index is -4.60. The zero-order valence-electron chi connectivity index (χ0n) is 12.5. The fourth-order valence-electron chi connectivity index (χ4n) is 2.51. The largest absolute Gasteiger partial charge is 0.395 e. The van der Waals surface area contributed by atoms with Crippen LogP contribution in [0.5, 0.6) is 0 Å². The minimum absolute atomic E-state index is 0.0182. The predicted molar refractivity (Wildman–Crippen MR) is 79.7 cm³/mol. The molecule has 0 aromatic heterocycles. The van der Waals surface area contributed by atoms with E-state index in [-0.39, 0.29) is 13.0 Å². The molecule has 2 atom stereocenters. The third-order valence-corrected chi connectivity index (χ3v) is 7.12. The number of amides is 1. The first kappa shape index (κ1) is 19.3. The van der Waals surface area contributed by atoms with Gasteiger partial charge < -0.3 is 15.3 Å². The van der Waals surface area contributed by atoms with E-state index in [0.717, 1.165) is 0 Å². The summed E-state index contributed by atoms with van der Waals surface area (Å²) in [6, 6.07) is 0. The molecule has 0 aromatic carbocycles. The molecule has 3 N–H and O–H groups in total. The summed E-state index contributed by atoms with van der Waals surface area (Å²) in [5.41, 5.74) is -1.56. The van der Waals surface area contributed by atoms with Crippen LogP contribution in [0, 0.1) is 0 Å². The van der Waals surface area contributed by atoms with Crippen molar-refractivity contribution in [1.82, 2.24) is 10.2 Å². The summed E-state index contributed by atoms with van der Waals surface area (Å²) in [6.45, 7) is 1.95. The van der Waals surface area contributed by atoms with Gasteiger partial charge in [-0.2, -0.15) is 8.42 Å². The normalized spacial score (nSPS) is 28.0. The Hall–Kier alpha value is -0.750. The van der Waals surface area contributed by atoms with Gasteiger partial charge in [-0.1, -0.05) is 0 Å². The molecule has 9 nitrogen and oxygen atoms in total. The van der Waals surface area contributed by atoms with E-state index in [0.29, 0.717) is 13.1 Å². The second-order valence-electron chi connectivity index (χ2n) is 5.80. The average Bonchev–Trinajstić information content (AvgIpc) is 2.56. The molecule has 1 aliphatic heterocycles. The van der Waals surface area contributed by atoms with E-state index in [9.17, 15) is 26.2 Å². The number of nitrogens with one attached hydrogen (secondary N) is 1. The maximum atomic E-state index is 11.9. The van der Waals surface area contributed by atoms with Crippen LogP contribution >= 0.6 is 0 Å². The number of likely N-dealkylation sites (N-methyl/N-ethyl adjacent to an activating group) is 1. The van der Waals surface area contributed by atoms with E-state index in [1.54, 1.807) is 11.9 Å². The maximum Gasteiger partial charge on any atom is 0.271 e. The number of aliphatic hydroxyl groups is 1. The topological polar surface area (TPSA) is 141 Å². The van der Waals surface area contributed by atoms with Gasteiger partial charge in [-0.25, -0.2) is 8.42 Å². The van der Waals surface area contributed by atoms with Crippen LogP contribution in [0.1, 0.15) is 13.3 Å². The highest BCUT2D eigenvalue weighted by atomic mass is 32.2. The number of nitrogens with zero attached hydrogens (tertiary/aromatic N) is 1. The van der Waals surface area contributed by atoms with Gasteiger partial charge >= 0.3 is 0 Å². The fraction of sp³-hybridized carbons (Fsp3) is 0.909. The lowest BCUT2D eigenvalue weighted by atomic mass is 10.0. The highest BCUT2D eigenvalue weighted by molar-refractivity contribution is 7.94. The molecule has 1 saturated heterocycles. The van der Waals surface area contributed by atoms with Gasteiger partial charge in [0.25, 0.3) is 10.1 Å². The van der Waals surface area contributed by atoms with Crippen LogP contribution < -0.4 is 5.32 Å². The van der Waals surface area contributed by atoms with Crippen LogP contribution in [0.25, 0.3) is 0 Å². The third-order valence-electron chi connectivity index (χ3n) is 3.62. The first-order valence-corrected chi connectivity index (χ1v) is 9.99. The molecule has 1 amide bonds. The summed E-state index contributed by atoms with van der Waals surface area (Å²) in [6.07, 6.45) is 0.0182. The number of carbonyl (C=O) groups excluding carboxylic acids is 1. The van der Waals surface area contributed by atoms with E-state index in [1.165, 1.54) is 6.92 Å². The first-order valence-electron chi connectivity index (χ1n) is 6.67. The summed E-state index contributed by atoms with van der Waals surface area (Å²) < 4.78 is 55.3. The lowest BCUT2D eigenvalue weighted by Gasteiger charge is -2.29. The van der Waals surface area contributed by atoms with Crippen LogP contribution in [0.4, 0.5) is 0 Å². The van der Waals surface area contributed by atoms with E-state index >= 15 is 0 Å². The maximum absolute atomic E-state index is 11.9. The van der Waals surface area contributed by atoms with Crippen LogP contribution in [-0.4, -0.2) is 86.3 Å². The zero-order chi connectivity index (χ0) is 17.2. The molecule has 0 aromatic rings. The summed E-state index contributed by atoms with van der Waals surface area (Å²) in [7, 11) is -6.57. The number of hydrogen-bond donors (Lipinski definition) is 3. The van der Waals surface area contributed by atoms with E-state index in [2.05, 4.69) is 5.32 Å². The Morgan fingerprint density at radius 3 is 2.50 bits per heavy atom. The van der Waals surface area contributed by atoms with Crippen LogP contribution in [0.15, 0.2) is 0 Å². The summed E-state index contributed by atoms with van der Waals surface area (Å²) in [4.78, 5) is 13.6. The van der Waals surface area contributed by atoms with E-state index < -0.39 is 48.2 Å². The number of rotatable bonds is 7. The van der Waals surface area contributed by atoms with Gasteiger partial charge in [0.05, 0.1) is 23.7 Å². The van der Waals surface area contributed by atoms with Gasteiger partial charge in [-0.15, -0.1) is 0 Å². The van der Waals surface area contributed by atoms with Crippen LogP contribution in [-0.2, 0) is 24.7 Å². The molecule has 130 valence electrons. The van der Waals surface area contributed by atoms with Gasteiger partial charge in [0.15, 0.2) is 9.84 Å². The molecule has 0 spiro atoms. The summed E-state index contributed by atoms with van der Waals surface area (Å²) in [5.74, 6) is -1.77. The Kier molecular flexibility index (Phi) is 5.95. The van der Waals surface area contributed by atoms with Crippen molar-refractivity contribution in [3.8, 4) is 0 Å². The van der Waals surface area contributed by atoms with Gasteiger partial charge in [0.2, 0.25) is 5.91 Å². The molecular formula is C11H22N2O7S2.